The number of ether oxygens (including phenoxy) is 1. The lowest BCUT2D eigenvalue weighted by molar-refractivity contribution is -0.143. The minimum atomic E-state index is -2.91. The molecule has 0 aliphatic rings. The normalized spacial score (nSPS) is 11.8. The SMILES string of the molecule is CCOC(=O)CCCCCS(=O)(=O)CC(C)C. The van der Waals surface area contributed by atoms with Gasteiger partial charge in [0.05, 0.1) is 18.1 Å². The summed E-state index contributed by atoms with van der Waals surface area (Å²) in [7, 11) is -2.91. The summed E-state index contributed by atoms with van der Waals surface area (Å²) in [6.07, 6.45) is 2.48. The van der Waals surface area contributed by atoms with Gasteiger partial charge in [-0.1, -0.05) is 20.3 Å². The van der Waals surface area contributed by atoms with Crippen molar-refractivity contribution in [3.8, 4) is 0 Å². The second kappa shape index (κ2) is 8.50. The fraction of sp³-hybridized carbons (Fsp3) is 0.917. The molecule has 5 heteroatoms. The summed E-state index contributed by atoms with van der Waals surface area (Å²) in [4.78, 5) is 11.0. The van der Waals surface area contributed by atoms with E-state index in [9.17, 15) is 13.2 Å². The summed E-state index contributed by atoms with van der Waals surface area (Å²) in [6, 6.07) is 0. The zero-order valence-corrected chi connectivity index (χ0v) is 11.9. The first-order valence-electron chi connectivity index (χ1n) is 6.23. The topological polar surface area (TPSA) is 60.4 Å². The minimum Gasteiger partial charge on any atom is -0.466 e. The van der Waals surface area contributed by atoms with E-state index in [0.717, 1.165) is 6.42 Å². The average molecular weight is 264 g/mol. The van der Waals surface area contributed by atoms with E-state index in [1.807, 2.05) is 13.8 Å². The van der Waals surface area contributed by atoms with Gasteiger partial charge in [-0.05, 0) is 25.7 Å². The third-order valence-corrected chi connectivity index (χ3v) is 4.31. The number of hydrogen-bond acceptors (Lipinski definition) is 4. The zero-order chi connectivity index (χ0) is 13.3. The van der Waals surface area contributed by atoms with Crippen LogP contribution in [0.4, 0.5) is 0 Å². The molecule has 0 atom stereocenters. The molecule has 4 nitrogen and oxygen atoms in total. The Labute approximate surface area is 105 Å². The standard InChI is InChI=1S/C12H24O4S/c1-4-16-12(13)8-6-5-7-9-17(14,15)10-11(2)3/h11H,4-10H2,1-3H3. The molecule has 102 valence electrons. The molecule has 0 spiro atoms. The highest BCUT2D eigenvalue weighted by molar-refractivity contribution is 7.91. The van der Waals surface area contributed by atoms with Crippen molar-refractivity contribution in [2.45, 2.75) is 46.5 Å². The van der Waals surface area contributed by atoms with Crippen LogP contribution >= 0.6 is 0 Å². The van der Waals surface area contributed by atoms with Crippen molar-refractivity contribution in [2.24, 2.45) is 5.92 Å². The minimum absolute atomic E-state index is 0.180. The monoisotopic (exact) mass is 264 g/mol. The van der Waals surface area contributed by atoms with E-state index in [1.165, 1.54) is 0 Å². The first-order valence-corrected chi connectivity index (χ1v) is 8.05. The lowest BCUT2D eigenvalue weighted by atomic mass is 10.2. The fourth-order valence-corrected chi connectivity index (χ4v) is 3.42. The van der Waals surface area contributed by atoms with Crippen LogP contribution in [-0.4, -0.2) is 32.5 Å². The molecular formula is C12H24O4S. The smallest absolute Gasteiger partial charge is 0.305 e. The molecule has 0 unspecified atom stereocenters. The van der Waals surface area contributed by atoms with Gasteiger partial charge < -0.3 is 4.74 Å². The Bertz CT molecular complexity index is 306. The van der Waals surface area contributed by atoms with Crippen LogP contribution in [0, 0.1) is 5.92 Å². The molecule has 0 fully saturated rings. The zero-order valence-electron chi connectivity index (χ0n) is 11.1. The van der Waals surface area contributed by atoms with Gasteiger partial charge in [-0.15, -0.1) is 0 Å². The molecule has 17 heavy (non-hydrogen) atoms. The van der Waals surface area contributed by atoms with Crippen molar-refractivity contribution in [3.05, 3.63) is 0 Å². The largest absolute Gasteiger partial charge is 0.466 e. The van der Waals surface area contributed by atoms with Crippen LogP contribution < -0.4 is 0 Å². The van der Waals surface area contributed by atoms with E-state index < -0.39 is 9.84 Å². The summed E-state index contributed by atoms with van der Waals surface area (Å²) in [6.45, 7) is 5.98. The summed E-state index contributed by atoms with van der Waals surface area (Å²) in [5, 5.41) is 0. The lowest BCUT2D eigenvalue weighted by Crippen LogP contribution is -2.15. The third-order valence-electron chi connectivity index (χ3n) is 2.23. The summed E-state index contributed by atoms with van der Waals surface area (Å²) >= 11 is 0. The van der Waals surface area contributed by atoms with Crippen molar-refractivity contribution >= 4 is 15.8 Å². The van der Waals surface area contributed by atoms with Gasteiger partial charge in [-0.3, -0.25) is 4.79 Å². The number of carbonyl (C=O) groups is 1. The quantitative estimate of drug-likeness (QED) is 0.473. The predicted octanol–water partition coefficient (Wildman–Crippen LogP) is 2.18. The molecule has 0 bridgehead atoms. The van der Waals surface area contributed by atoms with Crippen molar-refractivity contribution in [1.82, 2.24) is 0 Å². The van der Waals surface area contributed by atoms with Crippen LogP contribution in [0.25, 0.3) is 0 Å². The van der Waals surface area contributed by atoms with Crippen molar-refractivity contribution in [3.63, 3.8) is 0 Å². The van der Waals surface area contributed by atoms with Gasteiger partial charge in [-0.25, -0.2) is 8.42 Å². The van der Waals surface area contributed by atoms with Crippen molar-refractivity contribution in [1.29, 1.82) is 0 Å². The van der Waals surface area contributed by atoms with Crippen molar-refractivity contribution in [2.75, 3.05) is 18.1 Å². The summed E-state index contributed by atoms with van der Waals surface area (Å²) in [5.74, 6) is 0.468. The van der Waals surface area contributed by atoms with Gasteiger partial charge in [0, 0.05) is 6.42 Å². The number of unbranched alkanes of at least 4 members (excludes halogenated alkanes) is 2. The molecule has 0 radical (unpaired) electrons. The van der Waals surface area contributed by atoms with Gasteiger partial charge in [0.15, 0.2) is 9.84 Å². The number of hydrogen-bond donors (Lipinski definition) is 0. The third kappa shape index (κ3) is 10.3. The van der Waals surface area contributed by atoms with Gasteiger partial charge in [0.25, 0.3) is 0 Å². The Balaban J connectivity index is 3.61. The molecule has 0 aromatic rings. The van der Waals surface area contributed by atoms with Gasteiger partial charge in [0.1, 0.15) is 0 Å². The second-order valence-electron chi connectivity index (χ2n) is 4.62. The highest BCUT2D eigenvalue weighted by Gasteiger charge is 2.12. The van der Waals surface area contributed by atoms with Gasteiger partial charge in [-0.2, -0.15) is 0 Å². The van der Waals surface area contributed by atoms with E-state index in [-0.39, 0.29) is 23.4 Å². The summed E-state index contributed by atoms with van der Waals surface area (Å²) < 4.78 is 27.9. The highest BCUT2D eigenvalue weighted by Crippen LogP contribution is 2.07. The Hall–Kier alpha value is -0.580. The van der Waals surface area contributed by atoms with Crippen molar-refractivity contribution < 1.29 is 17.9 Å². The summed E-state index contributed by atoms with van der Waals surface area (Å²) in [5.41, 5.74) is 0. The van der Waals surface area contributed by atoms with Crippen LogP contribution in [0.3, 0.4) is 0 Å². The van der Waals surface area contributed by atoms with Crippen LogP contribution in [0.1, 0.15) is 46.5 Å². The molecule has 0 rings (SSSR count). The number of sulfone groups is 1. The van der Waals surface area contributed by atoms with Crippen LogP contribution in [0.5, 0.6) is 0 Å². The molecule has 0 heterocycles. The molecule has 0 aliphatic heterocycles. The van der Waals surface area contributed by atoms with Gasteiger partial charge in [0.2, 0.25) is 0 Å². The Morgan fingerprint density at radius 3 is 2.35 bits per heavy atom. The maximum Gasteiger partial charge on any atom is 0.305 e. The molecule has 0 saturated heterocycles. The van der Waals surface area contributed by atoms with Crippen LogP contribution in [0.15, 0.2) is 0 Å². The number of rotatable bonds is 9. The maximum absolute atomic E-state index is 11.5. The van der Waals surface area contributed by atoms with E-state index >= 15 is 0 Å². The van der Waals surface area contributed by atoms with E-state index in [0.29, 0.717) is 25.9 Å². The predicted molar refractivity (Wildman–Crippen MR) is 68.6 cm³/mol. The first-order chi connectivity index (χ1) is 7.87. The Morgan fingerprint density at radius 1 is 1.18 bits per heavy atom. The van der Waals surface area contributed by atoms with E-state index in [1.54, 1.807) is 6.92 Å². The fourth-order valence-electron chi connectivity index (χ4n) is 1.59. The van der Waals surface area contributed by atoms with E-state index in [4.69, 9.17) is 4.74 Å². The molecule has 0 aromatic heterocycles. The Morgan fingerprint density at radius 2 is 1.82 bits per heavy atom. The molecular weight excluding hydrogens is 240 g/mol. The highest BCUT2D eigenvalue weighted by atomic mass is 32.2. The second-order valence-corrected chi connectivity index (χ2v) is 6.85. The molecule has 0 amide bonds. The maximum atomic E-state index is 11.5. The Kier molecular flexibility index (Phi) is 8.21. The first kappa shape index (κ1) is 16.4. The van der Waals surface area contributed by atoms with Crippen LogP contribution in [0.2, 0.25) is 0 Å². The van der Waals surface area contributed by atoms with E-state index in [2.05, 4.69) is 0 Å². The molecule has 0 aromatic carbocycles. The number of carbonyl (C=O) groups excluding carboxylic acids is 1. The molecule has 0 aliphatic carbocycles. The number of esters is 1. The van der Waals surface area contributed by atoms with Crippen LogP contribution in [-0.2, 0) is 19.4 Å². The average Bonchev–Trinajstić information content (AvgIpc) is 2.15. The molecule has 0 saturated carbocycles. The molecule has 0 N–H and O–H groups in total. The van der Waals surface area contributed by atoms with Gasteiger partial charge >= 0.3 is 5.97 Å². The lowest BCUT2D eigenvalue weighted by Gasteiger charge is -2.06.